The Balaban J connectivity index is 2.11. The highest BCUT2D eigenvalue weighted by atomic mass is 16.2. The Bertz CT molecular complexity index is 385. The summed E-state index contributed by atoms with van der Waals surface area (Å²) < 4.78 is 0. The van der Waals surface area contributed by atoms with E-state index in [9.17, 15) is 9.59 Å². The Hall–Kier alpha value is -1.71. The Labute approximate surface area is 87.2 Å². The Morgan fingerprint density at radius 2 is 2.20 bits per heavy atom. The van der Waals surface area contributed by atoms with Crippen molar-refractivity contribution in [3.05, 3.63) is 17.8 Å². The number of carbonyl (C=O) groups excluding carboxylic acids is 2. The highest BCUT2D eigenvalue weighted by molar-refractivity contribution is 6.48. The van der Waals surface area contributed by atoms with E-state index in [-0.39, 0.29) is 17.2 Å². The van der Waals surface area contributed by atoms with Crippen molar-refractivity contribution in [2.45, 2.75) is 0 Å². The number of piperazine rings is 1. The second-order valence-electron chi connectivity index (χ2n) is 3.35. The average molecular weight is 205 g/mol. The summed E-state index contributed by atoms with van der Waals surface area (Å²) in [5.74, 6) is 1.54. The summed E-state index contributed by atoms with van der Waals surface area (Å²) in [6, 6.07) is 0. The summed E-state index contributed by atoms with van der Waals surface area (Å²) >= 11 is 0. The van der Waals surface area contributed by atoms with E-state index in [1.807, 2.05) is 0 Å². The minimum absolute atomic E-state index is 0.181. The van der Waals surface area contributed by atoms with E-state index >= 15 is 0 Å². The van der Waals surface area contributed by atoms with Crippen molar-refractivity contribution in [3.8, 4) is 0 Å². The molecule has 0 aromatic carbocycles. The first-order valence-electron chi connectivity index (χ1n) is 4.83. The molecule has 78 valence electrons. The van der Waals surface area contributed by atoms with E-state index in [0.717, 1.165) is 13.1 Å². The quantitative estimate of drug-likeness (QED) is 0.567. The van der Waals surface area contributed by atoms with Crippen molar-refractivity contribution in [2.24, 2.45) is 4.99 Å². The predicted molar refractivity (Wildman–Crippen MR) is 55.2 cm³/mol. The van der Waals surface area contributed by atoms with Crippen LogP contribution in [0.25, 0.3) is 0 Å². The van der Waals surface area contributed by atoms with Crippen LogP contribution < -0.4 is 5.32 Å². The smallest absolute Gasteiger partial charge is 0.273 e. The van der Waals surface area contributed by atoms with Gasteiger partial charge in [-0.05, 0) is 6.08 Å². The van der Waals surface area contributed by atoms with E-state index in [1.54, 1.807) is 10.8 Å². The van der Waals surface area contributed by atoms with Crippen LogP contribution in [0.15, 0.2) is 22.8 Å². The maximum Gasteiger partial charge on any atom is 0.273 e. The zero-order valence-electron chi connectivity index (χ0n) is 8.19. The van der Waals surface area contributed by atoms with E-state index in [0.29, 0.717) is 13.1 Å². The molecule has 0 atom stereocenters. The molecule has 1 fully saturated rings. The molecule has 0 saturated carbocycles. The molecule has 1 amide bonds. The van der Waals surface area contributed by atoms with Crippen LogP contribution in [0.1, 0.15) is 0 Å². The fourth-order valence-electron chi connectivity index (χ4n) is 1.61. The van der Waals surface area contributed by atoms with Crippen molar-refractivity contribution in [3.63, 3.8) is 0 Å². The molecule has 1 N–H and O–H groups in total. The van der Waals surface area contributed by atoms with Gasteiger partial charge in [0.1, 0.15) is 11.7 Å². The molecule has 5 heteroatoms. The van der Waals surface area contributed by atoms with Crippen LogP contribution in [-0.4, -0.2) is 48.6 Å². The van der Waals surface area contributed by atoms with Crippen LogP contribution in [0.4, 0.5) is 0 Å². The summed E-state index contributed by atoms with van der Waals surface area (Å²) in [6.07, 6.45) is 2.96. The number of carbonyl (C=O) groups is 1. The minimum Gasteiger partial charge on any atom is -0.335 e. The first-order chi connectivity index (χ1) is 7.33. The molecule has 2 heterocycles. The molecular formula is C10H11N3O2. The number of amides is 1. The number of nitrogens with one attached hydrogen (secondary N) is 1. The molecule has 2 aliphatic heterocycles. The minimum atomic E-state index is -0.181. The van der Waals surface area contributed by atoms with Crippen LogP contribution in [-0.2, 0) is 9.59 Å². The lowest BCUT2D eigenvalue weighted by atomic mass is 10.1. The van der Waals surface area contributed by atoms with Gasteiger partial charge in [-0.15, -0.1) is 0 Å². The predicted octanol–water partition coefficient (Wildman–Crippen LogP) is -0.856. The molecule has 2 aliphatic rings. The van der Waals surface area contributed by atoms with E-state index in [1.165, 1.54) is 12.3 Å². The first-order valence-corrected chi connectivity index (χ1v) is 4.83. The first kappa shape index (κ1) is 9.83. The summed E-state index contributed by atoms with van der Waals surface area (Å²) in [4.78, 5) is 28.0. The van der Waals surface area contributed by atoms with Crippen LogP contribution in [0.2, 0.25) is 0 Å². The van der Waals surface area contributed by atoms with Crippen LogP contribution in [0, 0.1) is 0 Å². The molecule has 2 rings (SSSR count). The van der Waals surface area contributed by atoms with Crippen LogP contribution >= 0.6 is 0 Å². The molecule has 0 aromatic rings. The molecule has 0 aromatic heterocycles. The maximum atomic E-state index is 11.9. The third kappa shape index (κ3) is 1.88. The highest BCUT2D eigenvalue weighted by Gasteiger charge is 2.25. The number of aliphatic imine (C=N–C) groups is 1. The van der Waals surface area contributed by atoms with E-state index < -0.39 is 0 Å². The van der Waals surface area contributed by atoms with Gasteiger partial charge in [-0.1, -0.05) is 0 Å². The van der Waals surface area contributed by atoms with Crippen molar-refractivity contribution in [1.29, 1.82) is 0 Å². The van der Waals surface area contributed by atoms with Gasteiger partial charge in [-0.3, -0.25) is 4.79 Å². The molecule has 15 heavy (non-hydrogen) atoms. The molecule has 5 nitrogen and oxygen atoms in total. The maximum absolute atomic E-state index is 11.9. The van der Waals surface area contributed by atoms with Gasteiger partial charge in [0, 0.05) is 32.4 Å². The van der Waals surface area contributed by atoms with Gasteiger partial charge in [0.05, 0.1) is 5.57 Å². The van der Waals surface area contributed by atoms with Crippen molar-refractivity contribution in [2.75, 3.05) is 26.2 Å². The third-order valence-corrected chi connectivity index (χ3v) is 2.42. The van der Waals surface area contributed by atoms with Crippen molar-refractivity contribution in [1.82, 2.24) is 10.2 Å². The van der Waals surface area contributed by atoms with Gasteiger partial charge in [0.2, 0.25) is 0 Å². The normalized spacial score (nSPS) is 20.1. The Kier molecular flexibility index (Phi) is 2.76. The molecule has 0 aliphatic carbocycles. The molecule has 1 saturated heterocycles. The van der Waals surface area contributed by atoms with E-state index in [4.69, 9.17) is 0 Å². The summed E-state index contributed by atoms with van der Waals surface area (Å²) in [7, 11) is 0. The second kappa shape index (κ2) is 4.21. The number of nitrogens with zero attached hydrogens (tertiary/aromatic N) is 2. The van der Waals surface area contributed by atoms with Crippen LogP contribution in [0.3, 0.4) is 0 Å². The average Bonchev–Trinajstić information content (AvgIpc) is 2.77. The second-order valence-corrected chi connectivity index (χ2v) is 3.35. The number of allylic oxidation sites excluding steroid dienone is 1. The fourth-order valence-corrected chi connectivity index (χ4v) is 1.61. The fraction of sp³-hybridized carbons (Fsp3) is 0.400. The van der Waals surface area contributed by atoms with Gasteiger partial charge >= 0.3 is 0 Å². The van der Waals surface area contributed by atoms with Crippen LogP contribution in [0.5, 0.6) is 0 Å². The zero-order valence-corrected chi connectivity index (χ0v) is 8.19. The van der Waals surface area contributed by atoms with Crippen molar-refractivity contribution >= 4 is 17.6 Å². The summed E-state index contributed by atoms with van der Waals surface area (Å²) in [5, 5.41) is 3.15. The van der Waals surface area contributed by atoms with Gasteiger partial charge in [-0.25, -0.2) is 9.79 Å². The Morgan fingerprint density at radius 3 is 2.87 bits per heavy atom. The number of hydrogen-bond acceptors (Lipinski definition) is 4. The zero-order chi connectivity index (χ0) is 10.7. The van der Waals surface area contributed by atoms with Gasteiger partial charge in [-0.2, -0.15) is 0 Å². The number of rotatable bonds is 1. The van der Waals surface area contributed by atoms with Crippen molar-refractivity contribution < 1.29 is 9.59 Å². The van der Waals surface area contributed by atoms with Gasteiger partial charge in [0.15, 0.2) is 0 Å². The van der Waals surface area contributed by atoms with Gasteiger partial charge < -0.3 is 10.2 Å². The SMILES string of the molecule is O=C=C1C=CN=C1C(=O)N1CCNCC1. The largest absolute Gasteiger partial charge is 0.335 e. The molecule has 0 spiro atoms. The molecule has 0 bridgehead atoms. The molecular weight excluding hydrogens is 194 g/mol. The van der Waals surface area contributed by atoms with Gasteiger partial charge in [0.25, 0.3) is 5.91 Å². The highest BCUT2D eigenvalue weighted by Crippen LogP contribution is 2.09. The summed E-state index contributed by atoms with van der Waals surface area (Å²) in [6.45, 7) is 2.88. The lowest BCUT2D eigenvalue weighted by Crippen LogP contribution is -2.48. The summed E-state index contributed by atoms with van der Waals surface area (Å²) in [5.41, 5.74) is 0.463. The van der Waals surface area contributed by atoms with E-state index in [2.05, 4.69) is 10.3 Å². The molecule has 0 radical (unpaired) electrons. The topological polar surface area (TPSA) is 61.8 Å². The lowest BCUT2D eigenvalue weighted by molar-refractivity contribution is -0.124. The monoisotopic (exact) mass is 205 g/mol. The standard InChI is InChI=1S/C10H11N3O2/c14-7-8-1-2-12-9(8)10(15)13-5-3-11-4-6-13/h1-2,11H,3-6H2. The Morgan fingerprint density at radius 1 is 1.47 bits per heavy atom. The third-order valence-electron chi connectivity index (χ3n) is 2.42. The number of hydrogen-bond donors (Lipinski definition) is 1. The lowest BCUT2D eigenvalue weighted by Gasteiger charge is -2.27. The molecule has 0 unspecified atom stereocenters.